The Morgan fingerprint density at radius 1 is 1.22 bits per heavy atom. The highest BCUT2D eigenvalue weighted by Crippen LogP contribution is 2.33. The summed E-state index contributed by atoms with van der Waals surface area (Å²) in [7, 11) is -3.93. The van der Waals surface area contributed by atoms with Crippen molar-refractivity contribution < 1.29 is 30.7 Å². The fraction of sp³-hybridized carbons (Fsp3) is 0.900. The molecule has 0 saturated carbocycles. The van der Waals surface area contributed by atoms with Crippen LogP contribution in [-0.2, 0) is 10.1 Å². The maximum absolute atomic E-state index is 10.7. The molecule has 0 radical (unpaired) electrons. The molecule has 0 bridgehead atoms. The Balaban J connectivity index is 0.000000331. The van der Waals surface area contributed by atoms with Crippen LogP contribution in [0.3, 0.4) is 0 Å². The van der Waals surface area contributed by atoms with Crippen LogP contribution in [0.4, 0.5) is 13.2 Å². The molecule has 0 aromatic heterocycles. The van der Waals surface area contributed by atoms with E-state index < -0.39 is 15.6 Å². The molecule has 0 atom stereocenters. The first-order valence-corrected chi connectivity index (χ1v) is 6.60. The van der Waals surface area contributed by atoms with Crippen LogP contribution in [0.1, 0.15) is 34.1 Å². The van der Waals surface area contributed by atoms with Gasteiger partial charge in [-0.2, -0.15) is 13.2 Å². The van der Waals surface area contributed by atoms with E-state index in [9.17, 15) is 13.2 Å². The molecule has 1 aliphatic rings. The molecule has 0 unspecified atom stereocenters. The Morgan fingerprint density at radius 3 is 1.61 bits per heavy atom. The van der Waals surface area contributed by atoms with Crippen molar-refractivity contribution in [2.45, 2.75) is 45.2 Å². The van der Waals surface area contributed by atoms with Gasteiger partial charge in [0.2, 0.25) is 0 Å². The minimum absolute atomic E-state index is 0.365. The number of alkyl halides is 3. The summed E-state index contributed by atoms with van der Waals surface area (Å²) >= 11 is 0. The molecule has 0 fully saturated rings. The van der Waals surface area contributed by atoms with Gasteiger partial charge >= 0.3 is 5.51 Å². The van der Waals surface area contributed by atoms with Gasteiger partial charge in [-0.15, -0.1) is 0 Å². The molecule has 0 aliphatic carbocycles. The average Bonchev–Trinajstić information content (AvgIpc) is 2.14. The summed E-state index contributed by atoms with van der Waals surface area (Å²) < 4.78 is 61.2. The Bertz CT molecular complexity index is 436. The monoisotopic (exact) mass is 289 g/mol. The molecular weight excluding hydrogens is 271 g/mol. The van der Waals surface area contributed by atoms with Gasteiger partial charge in [-0.3, -0.25) is 0 Å². The van der Waals surface area contributed by atoms with E-state index in [1.165, 1.54) is 6.42 Å². The van der Waals surface area contributed by atoms with Crippen LogP contribution >= 0.6 is 0 Å². The zero-order chi connectivity index (χ0) is 15.0. The van der Waals surface area contributed by atoms with Crippen molar-refractivity contribution in [1.82, 2.24) is 0 Å². The maximum Gasteiger partial charge on any atom is 0.485 e. The summed E-state index contributed by atoms with van der Waals surface area (Å²) in [6.07, 6.45) is 3.59. The SMILES string of the molecule is C[N+]1=CC(C)(C)CC1(C)C.O=S(=O)([O-])C(F)(F)F. The predicted octanol–water partition coefficient (Wildman–Crippen LogP) is 1.96. The number of halogens is 3. The number of hydrogen-bond donors (Lipinski definition) is 0. The molecular formula is C10H18F3NO3S. The van der Waals surface area contributed by atoms with Gasteiger partial charge in [-0.1, -0.05) is 13.8 Å². The van der Waals surface area contributed by atoms with E-state index >= 15 is 0 Å². The first-order chi connectivity index (χ1) is 7.58. The van der Waals surface area contributed by atoms with E-state index in [1.807, 2.05) is 0 Å². The minimum Gasteiger partial charge on any atom is -0.741 e. The molecule has 1 rings (SSSR count). The van der Waals surface area contributed by atoms with Crippen LogP contribution in [0.5, 0.6) is 0 Å². The van der Waals surface area contributed by atoms with Crippen molar-refractivity contribution in [3.8, 4) is 0 Å². The summed E-state index contributed by atoms with van der Waals surface area (Å²) in [6.45, 7) is 9.16. The van der Waals surface area contributed by atoms with Gasteiger partial charge < -0.3 is 4.55 Å². The Kier molecular flexibility index (Phi) is 4.64. The van der Waals surface area contributed by atoms with E-state index in [0.29, 0.717) is 11.0 Å². The van der Waals surface area contributed by atoms with E-state index in [1.54, 1.807) is 0 Å². The predicted molar refractivity (Wildman–Crippen MR) is 60.5 cm³/mol. The molecule has 0 aromatic rings. The first kappa shape index (κ1) is 17.4. The third-order valence-corrected chi connectivity index (χ3v) is 3.24. The minimum atomic E-state index is -6.09. The van der Waals surface area contributed by atoms with Gasteiger partial charge in [0.25, 0.3) is 0 Å². The molecule has 4 nitrogen and oxygen atoms in total. The van der Waals surface area contributed by atoms with Crippen LogP contribution in [0.25, 0.3) is 0 Å². The average molecular weight is 289 g/mol. The van der Waals surface area contributed by atoms with E-state index in [4.69, 9.17) is 13.0 Å². The Morgan fingerprint density at radius 2 is 1.56 bits per heavy atom. The molecule has 0 N–H and O–H groups in total. The summed E-state index contributed by atoms with van der Waals surface area (Å²) in [5, 5.41) is 0. The molecule has 8 heteroatoms. The Hall–Kier alpha value is -0.630. The number of hydrogen-bond acceptors (Lipinski definition) is 3. The third-order valence-electron chi connectivity index (χ3n) is 2.67. The zero-order valence-electron chi connectivity index (χ0n) is 11.0. The maximum atomic E-state index is 10.7. The largest absolute Gasteiger partial charge is 0.741 e. The lowest BCUT2D eigenvalue weighted by Crippen LogP contribution is -2.29. The summed E-state index contributed by atoms with van der Waals surface area (Å²) in [5.74, 6) is 0. The first-order valence-electron chi connectivity index (χ1n) is 5.20. The summed E-state index contributed by atoms with van der Waals surface area (Å²) in [6, 6.07) is 0. The lowest BCUT2D eigenvalue weighted by Gasteiger charge is -2.16. The van der Waals surface area contributed by atoms with Gasteiger partial charge in [0.05, 0.1) is 0 Å². The highest BCUT2D eigenvalue weighted by atomic mass is 32.2. The van der Waals surface area contributed by atoms with Crippen molar-refractivity contribution in [3.05, 3.63) is 0 Å². The highest BCUT2D eigenvalue weighted by Gasteiger charge is 2.42. The third kappa shape index (κ3) is 4.93. The second kappa shape index (κ2) is 4.80. The van der Waals surface area contributed by atoms with Gasteiger partial charge in [0.1, 0.15) is 13.3 Å². The standard InChI is InChI=1S/C9H18N.CHF3O3S/c1-8(2)6-9(3,4)10(5)7-8;2-1(3,4)8(5,6)7/h7H,6H2,1-5H3;(H,5,6,7)/q+1;/p-1. The second-order valence-corrected chi connectivity index (χ2v) is 6.99. The van der Waals surface area contributed by atoms with Gasteiger partial charge in [0, 0.05) is 11.8 Å². The lowest BCUT2D eigenvalue weighted by atomic mass is 9.85. The van der Waals surface area contributed by atoms with Crippen molar-refractivity contribution >= 4 is 16.3 Å². The topological polar surface area (TPSA) is 60.2 Å². The lowest BCUT2D eigenvalue weighted by molar-refractivity contribution is -0.562. The van der Waals surface area contributed by atoms with Crippen LogP contribution in [0.2, 0.25) is 0 Å². The molecule has 1 heterocycles. The highest BCUT2D eigenvalue weighted by molar-refractivity contribution is 7.86. The fourth-order valence-electron chi connectivity index (χ4n) is 1.98. The molecule has 0 amide bonds. The van der Waals surface area contributed by atoms with E-state index in [-0.39, 0.29) is 0 Å². The molecule has 108 valence electrons. The molecule has 18 heavy (non-hydrogen) atoms. The van der Waals surface area contributed by atoms with E-state index in [2.05, 4.69) is 45.5 Å². The van der Waals surface area contributed by atoms with Crippen molar-refractivity contribution in [2.75, 3.05) is 7.05 Å². The number of rotatable bonds is 0. The van der Waals surface area contributed by atoms with Crippen LogP contribution < -0.4 is 0 Å². The second-order valence-electron chi connectivity index (χ2n) is 5.62. The molecule has 0 spiro atoms. The van der Waals surface area contributed by atoms with E-state index in [0.717, 1.165) is 0 Å². The molecule has 1 aliphatic heterocycles. The van der Waals surface area contributed by atoms with Gasteiger partial charge in [-0.25, -0.2) is 13.0 Å². The summed E-state index contributed by atoms with van der Waals surface area (Å²) in [4.78, 5) is 0. The molecule has 0 aromatic carbocycles. The smallest absolute Gasteiger partial charge is 0.485 e. The van der Waals surface area contributed by atoms with Gasteiger partial charge in [-0.05, 0) is 13.8 Å². The van der Waals surface area contributed by atoms with Crippen molar-refractivity contribution in [1.29, 1.82) is 0 Å². The van der Waals surface area contributed by atoms with Crippen molar-refractivity contribution in [2.24, 2.45) is 5.41 Å². The fourth-order valence-corrected chi connectivity index (χ4v) is 1.98. The van der Waals surface area contributed by atoms with Crippen LogP contribution in [-0.4, -0.2) is 41.9 Å². The normalized spacial score (nSPS) is 21.9. The van der Waals surface area contributed by atoms with Crippen LogP contribution in [0, 0.1) is 5.41 Å². The number of nitrogens with zero attached hydrogens (tertiary/aromatic N) is 1. The summed E-state index contributed by atoms with van der Waals surface area (Å²) in [5.41, 5.74) is -4.88. The van der Waals surface area contributed by atoms with Gasteiger partial charge in [0.15, 0.2) is 15.7 Å². The zero-order valence-corrected chi connectivity index (χ0v) is 11.8. The van der Waals surface area contributed by atoms with Crippen molar-refractivity contribution in [3.63, 3.8) is 0 Å². The van der Waals surface area contributed by atoms with Crippen LogP contribution in [0.15, 0.2) is 0 Å². The Labute approximate surface area is 105 Å². The molecule has 0 saturated heterocycles. The quantitative estimate of drug-likeness (QED) is 0.389.